The van der Waals surface area contributed by atoms with Gasteiger partial charge in [-0.1, -0.05) is 82.6 Å². The van der Waals surface area contributed by atoms with Crippen LogP contribution in [-0.2, 0) is 11.2 Å². The predicted molar refractivity (Wildman–Crippen MR) is 123 cm³/mol. The fourth-order valence-corrected chi connectivity index (χ4v) is 3.67. The minimum atomic E-state index is -0.313. The molecular formula is C26H42O3. The zero-order valence-corrected chi connectivity index (χ0v) is 19.0. The van der Waals surface area contributed by atoms with Crippen molar-refractivity contribution < 1.29 is 14.3 Å². The Morgan fingerprint density at radius 3 is 2.00 bits per heavy atom. The lowest BCUT2D eigenvalue weighted by molar-refractivity contribution is 0.0595. The number of hydrogen-bond acceptors (Lipinski definition) is 3. The third kappa shape index (κ3) is 11.1. The Kier molecular flexibility index (Phi) is 14.9. The molecule has 0 amide bonds. The monoisotopic (exact) mass is 402 g/mol. The Hall–Kier alpha value is -1.77. The zero-order chi connectivity index (χ0) is 21.2. The van der Waals surface area contributed by atoms with Gasteiger partial charge in [0.2, 0.25) is 0 Å². The van der Waals surface area contributed by atoms with Crippen molar-refractivity contribution in [2.75, 3.05) is 14.2 Å². The number of benzene rings is 1. The van der Waals surface area contributed by atoms with Gasteiger partial charge in [-0.3, -0.25) is 0 Å². The summed E-state index contributed by atoms with van der Waals surface area (Å²) in [6.07, 6.45) is 22.4. The average Bonchev–Trinajstić information content (AvgIpc) is 2.75. The SMILES string of the molecule is CCCCCCC=CCCCCCCCCCc1cccc(OC)c1C(=O)OC. The number of ether oxygens (including phenoxy) is 2. The van der Waals surface area contributed by atoms with Crippen molar-refractivity contribution in [3.05, 3.63) is 41.5 Å². The van der Waals surface area contributed by atoms with Gasteiger partial charge in [0.05, 0.1) is 14.2 Å². The molecule has 0 spiro atoms. The molecule has 1 aromatic rings. The number of allylic oxidation sites excluding steroid dienone is 2. The number of unbranched alkanes of at least 4 members (excludes halogenated alkanes) is 11. The Bertz CT molecular complexity index is 577. The van der Waals surface area contributed by atoms with Gasteiger partial charge in [0.1, 0.15) is 11.3 Å². The predicted octanol–water partition coefficient (Wildman–Crippen LogP) is 7.67. The van der Waals surface area contributed by atoms with E-state index in [-0.39, 0.29) is 5.97 Å². The van der Waals surface area contributed by atoms with Crippen molar-refractivity contribution in [1.82, 2.24) is 0 Å². The summed E-state index contributed by atoms with van der Waals surface area (Å²) < 4.78 is 10.3. The van der Waals surface area contributed by atoms with E-state index in [1.54, 1.807) is 7.11 Å². The molecule has 0 saturated carbocycles. The smallest absolute Gasteiger partial charge is 0.341 e. The van der Waals surface area contributed by atoms with Crippen LogP contribution < -0.4 is 4.74 Å². The number of carbonyl (C=O) groups excluding carboxylic acids is 1. The molecule has 0 aliphatic rings. The number of hydrogen-bond donors (Lipinski definition) is 0. The van der Waals surface area contributed by atoms with E-state index in [0.717, 1.165) is 18.4 Å². The van der Waals surface area contributed by atoms with Gasteiger partial charge in [0, 0.05) is 0 Å². The number of carbonyl (C=O) groups is 1. The highest BCUT2D eigenvalue weighted by Crippen LogP contribution is 2.25. The summed E-state index contributed by atoms with van der Waals surface area (Å²) in [6, 6.07) is 5.77. The van der Waals surface area contributed by atoms with E-state index in [1.807, 2.05) is 18.2 Å². The summed E-state index contributed by atoms with van der Waals surface area (Å²) in [7, 11) is 3.01. The third-order valence-electron chi connectivity index (χ3n) is 5.43. The van der Waals surface area contributed by atoms with Crippen LogP contribution in [0.1, 0.15) is 106 Å². The second-order valence-electron chi connectivity index (χ2n) is 7.82. The second-order valence-corrected chi connectivity index (χ2v) is 7.82. The van der Waals surface area contributed by atoms with E-state index < -0.39 is 0 Å². The topological polar surface area (TPSA) is 35.5 Å². The largest absolute Gasteiger partial charge is 0.496 e. The van der Waals surface area contributed by atoms with E-state index in [4.69, 9.17) is 9.47 Å². The van der Waals surface area contributed by atoms with E-state index in [2.05, 4.69) is 19.1 Å². The molecule has 0 radical (unpaired) electrons. The summed E-state index contributed by atoms with van der Waals surface area (Å²) in [5.74, 6) is 0.289. The van der Waals surface area contributed by atoms with Gasteiger partial charge in [0.15, 0.2) is 0 Å². The van der Waals surface area contributed by atoms with Crippen LogP contribution in [0.15, 0.2) is 30.4 Å². The summed E-state index contributed by atoms with van der Waals surface area (Å²) in [6.45, 7) is 2.26. The second kappa shape index (κ2) is 17.1. The molecule has 0 bridgehead atoms. The molecule has 0 aliphatic carbocycles. The number of aryl methyl sites for hydroxylation is 1. The van der Waals surface area contributed by atoms with Gasteiger partial charge >= 0.3 is 5.97 Å². The maximum Gasteiger partial charge on any atom is 0.341 e. The fourth-order valence-electron chi connectivity index (χ4n) is 3.67. The molecule has 0 unspecified atom stereocenters. The van der Waals surface area contributed by atoms with E-state index >= 15 is 0 Å². The standard InChI is InChI=1S/C26H42O3/c1-4-5-6-7-8-9-10-11-12-13-14-15-16-17-18-20-23-21-19-22-24(28-2)25(23)26(27)29-3/h9-10,19,21-22H,4-8,11-18,20H2,1-3H3. The quantitative estimate of drug-likeness (QED) is 0.152. The molecule has 0 atom stereocenters. The van der Waals surface area contributed by atoms with Crippen LogP contribution in [0.3, 0.4) is 0 Å². The van der Waals surface area contributed by atoms with E-state index in [9.17, 15) is 4.79 Å². The molecule has 0 aromatic heterocycles. The van der Waals surface area contributed by atoms with Crippen LogP contribution in [-0.4, -0.2) is 20.2 Å². The summed E-state index contributed by atoms with van der Waals surface area (Å²) in [5.41, 5.74) is 1.61. The Morgan fingerprint density at radius 2 is 1.41 bits per heavy atom. The van der Waals surface area contributed by atoms with Gasteiger partial charge in [-0.05, 0) is 50.2 Å². The van der Waals surface area contributed by atoms with Gasteiger partial charge in [-0.25, -0.2) is 4.79 Å². The molecule has 0 aliphatic heterocycles. The molecule has 1 aromatic carbocycles. The van der Waals surface area contributed by atoms with Crippen LogP contribution in [0, 0.1) is 0 Å². The summed E-state index contributed by atoms with van der Waals surface area (Å²) in [4.78, 5) is 12.1. The van der Waals surface area contributed by atoms with Crippen molar-refractivity contribution in [3.8, 4) is 5.75 Å². The number of esters is 1. The molecule has 0 heterocycles. The van der Waals surface area contributed by atoms with Crippen molar-refractivity contribution in [2.24, 2.45) is 0 Å². The first kappa shape index (κ1) is 25.3. The Balaban J connectivity index is 2.09. The Morgan fingerprint density at radius 1 is 0.828 bits per heavy atom. The van der Waals surface area contributed by atoms with Crippen LogP contribution in [0.2, 0.25) is 0 Å². The third-order valence-corrected chi connectivity index (χ3v) is 5.43. The summed E-state index contributed by atoms with van der Waals surface area (Å²) in [5, 5.41) is 0. The highest BCUT2D eigenvalue weighted by Gasteiger charge is 2.17. The Labute approximate surface area is 178 Å². The van der Waals surface area contributed by atoms with E-state index in [1.165, 1.54) is 84.2 Å². The van der Waals surface area contributed by atoms with Crippen molar-refractivity contribution in [1.29, 1.82) is 0 Å². The lowest BCUT2D eigenvalue weighted by atomic mass is 9.99. The molecule has 29 heavy (non-hydrogen) atoms. The lowest BCUT2D eigenvalue weighted by Gasteiger charge is -2.12. The molecular weight excluding hydrogens is 360 g/mol. The fraction of sp³-hybridized carbons (Fsp3) is 0.654. The van der Waals surface area contributed by atoms with Crippen LogP contribution in [0.4, 0.5) is 0 Å². The van der Waals surface area contributed by atoms with E-state index in [0.29, 0.717) is 11.3 Å². The molecule has 1 rings (SSSR count). The van der Waals surface area contributed by atoms with Gasteiger partial charge in [0.25, 0.3) is 0 Å². The van der Waals surface area contributed by atoms with Crippen LogP contribution >= 0.6 is 0 Å². The maximum absolute atomic E-state index is 12.1. The first-order valence-corrected chi connectivity index (χ1v) is 11.6. The van der Waals surface area contributed by atoms with Crippen LogP contribution in [0.25, 0.3) is 0 Å². The minimum absolute atomic E-state index is 0.313. The molecule has 164 valence electrons. The van der Waals surface area contributed by atoms with Crippen molar-refractivity contribution in [3.63, 3.8) is 0 Å². The molecule has 0 fully saturated rings. The highest BCUT2D eigenvalue weighted by molar-refractivity contribution is 5.94. The molecule has 3 heteroatoms. The number of rotatable bonds is 17. The van der Waals surface area contributed by atoms with Crippen LogP contribution in [0.5, 0.6) is 5.75 Å². The van der Waals surface area contributed by atoms with Crippen molar-refractivity contribution in [2.45, 2.75) is 96.8 Å². The molecule has 0 N–H and O–H groups in total. The highest BCUT2D eigenvalue weighted by atomic mass is 16.5. The normalized spacial score (nSPS) is 11.1. The summed E-state index contributed by atoms with van der Waals surface area (Å²) >= 11 is 0. The first-order chi connectivity index (χ1) is 14.2. The van der Waals surface area contributed by atoms with Crippen molar-refractivity contribution >= 4 is 5.97 Å². The first-order valence-electron chi connectivity index (χ1n) is 11.6. The van der Waals surface area contributed by atoms with Gasteiger partial charge < -0.3 is 9.47 Å². The lowest BCUT2D eigenvalue weighted by Crippen LogP contribution is -2.08. The minimum Gasteiger partial charge on any atom is -0.496 e. The zero-order valence-electron chi connectivity index (χ0n) is 19.0. The average molecular weight is 403 g/mol. The molecule has 3 nitrogen and oxygen atoms in total. The molecule has 0 saturated heterocycles. The maximum atomic E-state index is 12.1. The van der Waals surface area contributed by atoms with Gasteiger partial charge in [-0.2, -0.15) is 0 Å². The number of methoxy groups -OCH3 is 2. The van der Waals surface area contributed by atoms with Gasteiger partial charge in [-0.15, -0.1) is 0 Å².